The van der Waals surface area contributed by atoms with Crippen molar-refractivity contribution in [1.82, 2.24) is 19.9 Å². The van der Waals surface area contributed by atoms with Gasteiger partial charge in [-0.25, -0.2) is 15.0 Å². The van der Waals surface area contributed by atoms with Crippen LogP contribution in [-0.4, -0.2) is 26.5 Å². The van der Waals surface area contributed by atoms with Crippen LogP contribution in [0.4, 0.5) is 5.82 Å². The summed E-state index contributed by atoms with van der Waals surface area (Å²) in [6.07, 6.45) is 6.98. The monoisotopic (exact) mass is 247 g/mol. The molecule has 17 heavy (non-hydrogen) atoms. The van der Waals surface area contributed by atoms with Crippen LogP contribution in [0.2, 0.25) is 0 Å². The Labute approximate surface area is 104 Å². The second kappa shape index (κ2) is 5.58. The molecule has 0 spiro atoms. The Morgan fingerprint density at radius 2 is 1.94 bits per heavy atom. The normalized spacial score (nSPS) is 10.2. The molecular formula is C11H13N5S. The van der Waals surface area contributed by atoms with Crippen LogP contribution in [-0.2, 0) is 0 Å². The molecule has 1 N–H and O–H groups in total. The van der Waals surface area contributed by atoms with Gasteiger partial charge in [-0.15, -0.1) is 0 Å². The van der Waals surface area contributed by atoms with Gasteiger partial charge < -0.3 is 5.32 Å². The van der Waals surface area contributed by atoms with Gasteiger partial charge in [0, 0.05) is 18.9 Å². The number of nitrogens with one attached hydrogen (secondary N) is 1. The van der Waals surface area contributed by atoms with Gasteiger partial charge in [-0.2, -0.15) is 0 Å². The first-order valence-electron chi connectivity index (χ1n) is 5.30. The van der Waals surface area contributed by atoms with E-state index >= 15 is 0 Å². The van der Waals surface area contributed by atoms with Gasteiger partial charge in [0.25, 0.3) is 0 Å². The smallest absolute Gasteiger partial charge is 0.193 e. The lowest BCUT2D eigenvalue weighted by molar-refractivity contribution is 0.940. The molecule has 0 aliphatic carbocycles. The van der Waals surface area contributed by atoms with E-state index in [0.29, 0.717) is 5.16 Å². The molecule has 0 saturated carbocycles. The Morgan fingerprint density at radius 3 is 2.65 bits per heavy atom. The van der Waals surface area contributed by atoms with Crippen molar-refractivity contribution in [3.05, 3.63) is 30.4 Å². The first-order valence-corrected chi connectivity index (χ1v) is 6.12. The summed E-state index contributed by atoms with van der Waals surface area (Å²) in [5.41, 5.74) is 1.04. The largest absolute Gasteiger partial charge is 0.369 e. The predicted molar refractivity (Wildman–Crippen MR) is 67.1 cm³/mol. The molecule has 0 atom stereocenters. The third-order valence-corrected chi connectivity index (χ3v) is 2.72. The number of hydrogen-bond donors (Lipinski definition) is 1. The van der Waals surface area contributed by atoms with E-state index in [9.17, 15) is 0 Å². The van der Waals surface area contributed by atoms with E-state index in [0.717, 1.165) is 23.0 Å². The maximum Gasteiger partial charge on any atom is 0.193 e. The Bertz CT molecular complexity index is 485. The van der Waals surface area contributed by atoms with Crippen molar-refractivity contribution < 1.29 is 0 Å². The molecule has 0 amide bonds. The van der Waals surface area contributed by atoms with E-state index < -0.39 is 0 Å². The molecule has 0 saturated heterocycles. The summed E-state index contributed by atoms with van der Waals surface area (Å²) in [7, 11) is 0. The lowest BCUT2D eigenvalue weighted by atomic mass is 10.4. The summed E-state index contributed by atoms with van der Waals surface area (Å²) in [5.74, 6) is 0.768. The molecule has 88 valence electrons. The number of hydrogen-bond acceptors (Lipinski definition) is 6. The fraction of sp³-hybridized carbons (Fsp3) is 0.273. The Balaban J connectivity index is 2.12. The summed E-state index contributed by atoms with van der Waals surface area (Å²) in [5, 5.41) is 4.58. The van der Waals surface area contributed by atoms with Crippen molar-refractivity contribution in [2.24, 2.45) is 0 Å². The first-order chi connectivity index (χ1) is 8.28. The predicted octanol–water partition coefficient (Wildman–Crippen LogP) is 2.16. The third-order valence-electron chi connectivity index (χ3n) is 1.92. The molecule has 0 fully saturated rings. The quantitative estimate of drug-likeness (QED) is 0.835. The van der Waals surface area contributed by atoms with Crippen LogP contribution in [0.25, 0.3) is 0 Å². The second-order valence-electron chi connectivity index (χ2n) is 3.42. The van der Waals surface area contributed by atoms with Crippen molar-refractivity contribution in [2.45, 2.75) is 24.0 Å². The van der Waals surface area contributed by atoms with E-state index in [-0.39, 0.29) is 0 Å². The standard InChI is InChI=1S/C11H13N5S/c1-3-13-9-6-12-7-10(16-9)17-11-14-4-8(2)5-15-11/h4-7H,3H2,1-2H3,(H,13,16). The summed E-state index contributed by atoms with van der Waals surface area (Å²) in [6, 6.07) is 0. The Hall–Kier alpha value is -1.69. The van der Waals surface area contributed by atoms with Crippen molar-refractivity contribution in [3.63, 3.8) is 0 Å². The summed E-state index contributed by atoms with van der Waals surface area (Å²) in [4.78, 5) is 16.9. The van der Waals surface area contributed by atoms with Crippen LogP contribution >= 0.6 is 11.8 Å². The molecule has 2 heterocycles. The van der Waals surface area contributed by atoms with E-state index in [4.69, 9.17) is 0 Å². The second-order valence-corrected chi connectivity index (χ2v) is 4.41. The topological polar surface area (TPSA) is 63.6 Å². The van der Waals surface area contributed by atoms with Crippen LogP contribution < -0.4 is 5.32 Å². The summed E-state index contributed by atoms with van der Waals surface area (Å²) in [6.45, 7) is 4.80. The third kappa shape index (κ3) is 3.39. The van der Waals surface area contributed by atoms with E-state index in [1.54, 1.807) is 24.8 Å². The van der Waals surface area contributed by atoms with Crippen molar-refractivity contribution in [1.29, 1.82) is 0 Å². The molecule has 5 nitrogen and oxygen atoms in total. The van der Waals surface area contributed by atoms with Crippen LogP contribution in [0.5, 0.6) is 0 Å². The highest BCUT2D eigenvalue weighted by molar-refractivity contribution is 7.99. The number of nitrogens with zero attached hydrogens (tertiary/aromatic N) is 4. The lowest BCUT2D eigenvalue weighted by Crippen LogP contribution is -2.00. The highest BCUT2D eigenvalue weighted by atomic mass is 32.2. The Kier molecular flexibility index (Phi) is 3.87. The van der Waals surface area contributed by atoms with Crippen LogP contribution in [0.1, 0.15) is 12.5 Å². The van der Waals surface area contributed by atoms with Gasteiger partial charge in [-0.05, 0) is 31.2 Å². The number of aryl methyl sites for hydroxylation is 1. The van der Waals surface area contributed by atoms with Gasteiger partial charge >= 0.3 is 0 Å². The van der Waals surface area contributed by atoms with E-state index in [1.807, 2.05) is 13.8 Å². The molecule has 0 unspecified atom stereocenters. The fourth-order valence-corrected chi connectivity index (χ4v) is 1.85. The molecular weight excluding hydrogens is 234 g/mol. The molecule has 2 aromatic rings. The van der Waals surface area contributed by atoms with Crippen molar-refractivity contribution in [2.75, 3.05) is 11.9 Å². The maximum atomic E-state index is 4.39. The minimum absolute atomic E-state index is 0.679. The highest BCUT2D eigenvalue weighted by Crippen LogP contribution is 2.22. The summed E-state index contributed by atoms with van der Waals surface area (Å²) >= 11 is 1.40. The minimum Gasteiger partial charge on any atom is -0.369 e. The molecule has 0 aromatic carbocycles. The zero-order valence-corrected chi connectivity index (χ0v) is 10.5. The van der Waals surface area contributed by atoms with Gasteiger partial charge in [-0.3, -0.25) is 4.98 Å². The number of anilines is 1. The first kappa shape index (κ1) is 11.8. The minimum atomic E-state index is 0.679. The number of rotatable bonds is 4. The van der Waals surface area contributed by atoms with Crippen LogP contribution in [0.3, 0.4) is 0 Å². The molecule has 2 aromatic heterocycles. The lowest BCUT2D eigenvalue weighted by Gasteiger charge is -2.03. The van der Waals surface area contributed by atoms with Gasteiger partial charge in [-0.1, -0.05) is 0 Å². The average molecular weight is 247 g/mol. The maximum absolute atomic E-state index is 4.39. The molecule has 6 heteroatoms. The van der Waals surface area contributed by atoms with Crippen molar-refractivity contribution in [3.8, 4) is 0 Å². The van der Waals surface area contributed by atoms with E-state index in [2.05, 4.69) is 25.3 Å². The molecule has 0 bridgehead atoms. The van der Waals surface area contributed by atoms with Gasteiger partial charge in [0.15, 0.2) is 5.16 Å². The number of aromatic nitrogens is 4. The zero-order chi connectivity index (χ0) is 12.1. The average Bonchev–Trinajstić information content (AvgIpc) is 2.33. The van der Waals surface area contributed by atoms with Gasteiger partial charge in [0.05, 0.1) is 12.4 Å². The molecule has 0 aliphatic heterocycles. The van der Waals surface area contributed by atoms with Gasteiger partial charge in [0.2, 0.25) is 0 Å². The zero-order valence-electron chi connectivity index (χ0n) is 9.71. The highest BCUT2D eigenvalue weighted by Gasteiger charge is 2.03. The van der Waals surface area contributed by atoms with Crippen LogP contribution in [0.15, 0.2) is 35.0 Å². The SMILES string of the molecule is CCNc1cncc(Sc2ncc(C)cn2)n1. The molecule has 0 radical (unpaired) electrons. The molecule has 2 rings (SSSR count). The fourth-order valence-electron chi connectivity index (χ4n) is 1.19. The van der Waals surface area contributed by atoms with Crippen LogP contribution in [0, 0.1) is 6.92 Å². The van der Waals surface area contributed by atoms with Crippen molar-refractivity contribution >= 4 is 17.6 Å². The Morgan fingerprint density at radius 1 is 1.18 bits per heavy atom. The summed E-state index contributed by atoms with van der Waals surface area (Å²) < 4.78 is 0. The van der Waals surface area contributed by atoms with E-state index in [1.165, 1.54) is 11.8 Å². The molecule has 0 aliphatic rings. The van der Waals surface area contributed by atoms with Gasteiger partial charge in [0.1, 0.15) is 10.8 Å².